The van der Waals surface area contributed by atoms with E-state index in [1.165, 1.54) is 4.68 Å². The predicted molar refractivity (Wildman–Crippen MR) is 162 cm³/mol. The molecule has 0 amide bonds. The van der Waals surface area contributed by atoms with Gasteiger partial charge in [0, 0.05) is 34.9 Å². The van der Waals surface area contributed by atoms with Gasteiger partial charge in [0.05, 0.1) is 24.2 Å². The number of methoxy groups -OCH3 is 1. The first-order valence-electron chi connectivity index (χ1n) is 11.4. The molecule has 0 fully saturated rings. The van der Waals surface area contributed by atoms with Gasteiger partial charge in [0.1, 0.15) is 12.4 Å². The summed E-state index contributed by atoms with van der Waals surface area (Å²) >= 11 is 14.1. The summed E-state index contributed by atoms with van der Waals surface area (Å²) in [7, 11) is 1.59. The van der Waals surface area contributed by atoms with Gasteiger partial charge in [-0.3, -0.25) is 4.79 Å². The van der Waals surface area contributed by atoms with Crippen molar-refractivity contribution in [2.24, 2.45) is 5.10 Å². The van der Waals surface area contributed by atoms with Crippen LogP contribution in [0.4, 0.5) is 0 Å². The number of fused-ring (bicyclic) bond motifs is 1. The Labute approximate surface area is 248 Å². The van der Waals surface area contributed by atoms with Crippen LogP contribution in [0.15, 0.2) is 76.3 Å². The number of benzene rings is 3. The van der Waals surface area contributed by atoms with Gasteiger partial charge in [0.25, 0.3) is 5.56 Å². The van der Waals surface area contributed by atoms with E-state index >= 15 is 0 Å². The summed E-state index contributed by atoms with van der Waals surface area (Å²) < 4.78 is 16.5. The third-order valence-electron chi connectivity index (χ3n) is 5.88. The molecule has 4 rings (SSSR count). The van der Waals surface area contributed by atoms with Crippen molar-refractivity contribution < 1.29 is 9.47 Å². The summed E-state index contributed by atoms with van der Waals surface area (Å²) in [6, 6.07) is 15.1. The highest BCUT2D eigenvalue weighted by molar-refractivity contribution is 9.11. The Bertz CT molecular complexity index is 1550. The van der Waals surface area contributed by atoms with Crippen molar-refractivity contribution in [3.63, 3.8) is 0 Å². The summed E-state index contributed by atoms with van der Waals surface area (Å²) in [5.74, 6) is 1.79. The van der Waals surface area contributed by atoms with Crippen molar-refractivity contribution in [3.8, 4) is 11.5 Å². The van der Waals surface area contributed by atoms with E-state index in [-0.39, 0.29) is 11.5 Å². The van der Waals surface area contributed by atoms with E-state index in [0.29, 0.717) is 34.8 Å². The van der Waals surface area contributed by atoms with Crippen LogP contribution >= 0.6 is 63.7 Å². The van der Waals surface area contributed by atoms with Gasteiger partial charge in [-0.25, -0.2) is 4.98 Å². The lowest BCUT2D eigenvalue weighted by molar-refractivity contribution is 0.283. The second kappa shape index (κ2) is 12.2. The van der Waals surface area contributed by atoms with Crippen LogP contribution in [0.2, 0.25) is 0 Å². The fourth-order valence-electron chi connectivity index (χ4n) is 3.62. The average Bonchev–Trinajstić information content (AvgIpc) is 2.88. The van der Waals surface area contributed by atoms with Gasteiger partial charge in [-0.15, -0.1) is 0 Å². The Morgan fingerprint density at radius 1 is 1.00 bits per heavy atom. The van der Waals surface area contributed by atoms with E-state index in [9.17, 15) is 4.79 Å². The minimum absolute atomic E-state index is 0.0459. The molecule has 1 atom stereocenters. The van der Waals surface area contributed by atoms with Gasteiger partial charge in [-0.2, -0.15) is 9.78 Å². The highest BCUT2D eigenvalue weighted by Crippen LogP contribution is 2.34. The number of hydrogen-bond acceptors (Lipinski definition) is 5. The normalized spacial score (nSPS) is 12.3. The second-order valence-electron chi connectivity index (χ2n) is 8.35. The molecular formula is C27H23Br4N3O3. The molecule has 37 heavy (non-hydrogen) atoms. The molecule has 10 heteroatoms. The number of halogens is 4. The minimum Gasteiger partial charge on any atom is -0.493 e. The van der Waals surface area contributed by atoms with Gasteiger partial charge < -0.3 is 9.47 Å². The molecule has 0 unspecified atom stereocenters. The van der Waals surface area contributed by atoms with Crippen LogP contribution in [-0.4, -0.2) is 23.0 Å². The summed E-state index contributed by atoms with van der Waals surface area (Å²) in [5, 5.41) is 5.07. The monoisotopic (exact) mass is 753 g/mol. The Balaban J connectivity index is 1.70. The lowest BCUT2D eigenvalue weighted by Gasteiger charge is -2.15. The standard InChI is InChI=1S/C27H23Br4N3O3/c1-4-15(2)26-33-23-8-7-18(28)10-20(23)27(35)34(26)32-13-17-9-24(36-3)25(12-22(17)31)37-14-16-5-6-19(29)11-21(16)30/h5-13,15H,4,14H2,1-3H3/t15-/m0/s1. The third kappa shape index (κ3) is 6.35. The SMILES string of the molecule is CC[C@H](C)c1nc2ccc(Br)cc2c(=O)n1N=Cc1cc(OC)c(OCc2ccc(Br)cc2Br)cc1Br. The molecule has 6 nitrogen and oxygen atoms in total. The molecule has 192 valence electrons. The summed E-state index contributed by atoms with van der Waals surface area (Å²) in [6.45, 7) is 4.45. The predicted octanol–water partition coefficient (Wildman–Crippen LogP) is 8.43. The van der Waals surface area contributed by atoms with Crippen molar-refractivity contribution in [1.82, 2.24) is 9.66 Å². The van der Waals surface area contributed by atoms with Crippen molar-refractivity contribution in [1.29, 1.82) is 0 Å². The van der Waals surface area contributed by atoms with Gasteiger partial charge in [0.2, 0.25) is 0 Å². The smallest absolute Gasteiger partial charge is 0.282 e. The molecule has 1 aromatic heterocycles. The zero-order valence-electron chi connectivity index (χ0n) is 20.3. The lowest BCUT2D eigenvalue weighted by Crippen LogP contribution is -2.23. The van der Waals surface area contributed by atoms with E-state index in [0.717, 1.165) is 35.4 Å². The van der Waals surface area contributed by atoms with E-state index in [1.807, 2.05) is 49.4 Å². The van der Waals surface area contributed by atoms with Crippen LogP contribution in [0, 0.1) is 0 Å². The van der Waals surface area contributed by atoms with Crippen molar-refractivity contribution >= 4 is 80.8 Å². The van der Waals surface area contributed by atoms with Crippen LogP contribution in [0.25, 0.3) is 10.9 Å². The van der Waals surface area contributed by atoms with Gasteiger partial charge >= 0.3 is 0 Å². The zero-order chi connectivity index (χ0) is 26.7. The molecule has 0 saturated carbocycles. The van der Waals surface area contributed by atoms with Crippen molar-refractivity contribution in [3.05, 3.63) is 93.7 Å². The van der Waals surface area contributed by atoms with E-state index in [4.69, 9.17) is 14.5 Å². The number of rotatable bonds is 8. The van der Waals surface area contributed by atoms with Crippen LogP contribution in [0.5, 0.6) is 11.5 Å². The largest absolute Gasteiger partial charge is 0.493 e. The van der Waals surface area contributed by atoms with Crippen LogP contribution in [0.1, 0.15) is 43.1 Å². The van der Waals surface area contributed by atoms with Crippen molar-refractivity contribution in [2.75, 3.05) is 7.11 Å². The fraction of sp³-hybridized carbons (Fsp3) is 0.222. The molecule has 0 spiro atoms. The topological polar surface area (TPSA) is 65.7 Å². The van der Waals surface area contributed by atoms with Crippen LogP contribution < -0.4 is 15.0 Å². The molecule has 0 aliphatic rings. The Morgan fingerprint density at radius 3 is 2.43 bits per heavy atom. The third-order valence-corrected chi connectivity index (χ3v) is 8.29. The van der Waals surface area contributed by atoms with Crippen molar-refractivity contribution in [2.45, 2.75) is 32.8 Å². The Hall–Kier alpha value is -2.01. The van der Waals surface area contributed by atoms with Gasteiger partial charge in [-0.1, -0.05) is 67.7 Å². The van der Waals surface area contributed by atoms with Crippen LogP contribution in [-0.2, 0) is 6.61 Å². The highest BCUT2D eigenvalue weighted by atomic mass is 79.9. The maximum atomic E-state index is 13.4. The molecule has 0 N–H and O–H groups in total. The molecule has 0 saturated heterocycles. The highest BCUT2D eigenvalue weighted by Gasteiger charge is 2.16. The first-order chi connectivity index (χ1) is 17.7. The molecule has 4 aromatic rings. The summed E-state index contributed by atoms with van der Waals surface area (Å²) in [4.78, 5) is 18.2. The van der Waals surface area contributed by atoms with E-state index in [2.05, 4.69) is 75.7 Å². The maximum absolute atomic E-state index is 13.4. The Kier molecular flexibility index (Phi) is 9.26. The molecule has 0 aliphatic carbocycles. The second-order valence-corrected chi connectivity index (χ2v) is 11.9. The zero-order valence-corrected chi connectivity index (χ0v) is 26.6. The average molecular weight is 757 g/mol. The molecule has 0 radical (unpaired) electrons. The number of ether oxygens (including phenoxy) is 2. The van der Waals surface area contributed by atoms with Gasteiger partial charge in [-0.05, 0) is 64.8 Å². The van der Waals surface area contributed by atoms with Gasteiger partial charge in [0.15, 0.2) is 11.5 Å². The first-order valence-corrected chi connectivity index (χ1v) is 14.6. The van der Waals surface area contributed by atoms with E-state index < -0.39 is 0 Å². The Morgan fingerprint density at radius 2 is 1.73 bits per heavy atom. The number of aromatic nitrogens is 2. The fourth-order valence-corrected chi connectivity index (χ4v) is 5.56. The minimum atomic E-state index is -0.221. The molecule has 0 aliphatic heterocycles. The van der Waals surface area contributed by atoms with E-state index in [1.54, 1.807) is 19.4 Å². The first kappa shape index (κ1) is 28.0. The molecule has 1 heterocycles. The molecular weight excluding hydrogens is 734 g/mol. The quantitative estimate of drug-likeness (QED) is 0.170. The molecule has 3 aromatic carbocycles. The lowest BCUT2D eigenvalue weighted by atomic mass is 10.1. The number of hydrogen-bond donors (Lipinski definition) is 0. The van der Waals surface area contributed by atoms with Crippen LogP contribution in [0.3, 0.4) is 0 Å². The summed E-state index contributed by atoms with van der Waals surface area (Å²) in [5.41, 5.74) is 2.16. The molecule has 0 bridgehead atoms. The number of nitrogens with zero attached hydrogens (tertiary/aromatic N) is 3. The maximum Gasteiger partial charge on any atom is 0.282 e. The summed E-state index contributed by atoms with van der Waals surface area (Å²) in [6.07, 6.45) is 2.45.